The van der Waals surface area contributed by atoms with E-state index in [0.717, 1.165) is 0 Å². The van der Waals surface area contributed by atoms with Gasteiger partial charge in [-0.15, -0.1) is 0 Å². The van der Waals surface area contributed by atoms with Crippen molar-refractivity contribution in [1.82, 2.24) is 0 Å². The average molecular weight is 167 g/mol. The SMILES string of the molecule is O.O.[Zn].[Zn]. The van der Waals surface area contributed by atoms with Gasteiger partial charge in [0.2, 0.25) is 0 Å². The Morgan fingerprint density at radius 2 is 0.500 bits per heavy atom. The van der Waals surface area contributed by atoms with Crippen LogP contribution < -0.4 is 0 Å². The molecule has 4 heavy (non-hydrogen) atoms. The summed E-state index contributed by atoms with van der Waals surface area (Å²) >= 11 is 0. The van der Waals surface area contributed by atoms with Crippen molar-refractivity contribution in [2.24, 2.45) is 0 Å². The fourth-order valence-corrected chi connectivity index (χ4v) is 0. The molecule has 0 atom stereocenters. The van der Waals surface area contributed by atoms with Crippen LogP contribution in [0.25, 0.3) is 0 Å². The second-order valence-electron chi connectivity index (χ2n) is 0. The quantitative estimate of drug-likeness (QED) is 0.387. The molecule has 0 heterocycles. The van der Waals surface area contributed by atoms with E-state index in [0.29, 0.717) is 0 Å². The van der Waals surface area contributed by atoms with E-state index < -0.39 is 0 Å². The van der Waals surface area contributed by atoms with Crippen LogP contribution in [0.5, 0.6) is 0 Å². The molecule has 0 amide bonds. The fraction of sp³-hybridized carbons (Fsp3) is 0. The molecule has 4 heteroatoms. The molecule has 0 unspecified atom stereocenters. The summed E-state index contributed by atoms with van der Waals surface area (Å²) < 4.78 is 0. The van der Waals surface area contributed by atoms with Gasteiger partial charge in [-0.05, 0) is 0 Å². The van der Waals surface area contributed by atoms with Crippen molar-refractivity contribution in [2.75, 3.05) is 0 Å². The van der Waals surface area contributed by atoms with Crippen LogP contribution in [0.4, 0.5) is 0 Å². The van der Waals surface area contributed by atoms with Gasteiger partial charge in [0.05, 0.1) is 0 Å². The van der Waals surface area contributed by atoms with Crippen LogP contribution in [-0.2, 0) is 39.0 Å². The molecule has 0 saturated heterocycles. The van der Waals surface area contributed by atoms with Gasteiger partial charge in [0, 0.05) is 39.0 Å². The second kappa shape index (κ2) is 30.7. The van der Waals surface area contributed by atoms with Gasteiger partial charge in [-0.2, -0.15) is 0 Å². The van der Waals surface area contributed by atoms with Crippen molar-refractivity contribution < 1.29 is 49.9 Å². The maximum absolute atomic E-state index is 0. The first-order valence-electron chi connectivity index (χ1n) is 0. The Balaban J connectivity index is 0. The monoisotopic (exact) mass is 164 g/mol. The molecule has 4 N–H and O–H groups in total. The number of hydrogen-bond acceptors (Lipinski definition) is 0. The maximum atomic E-state index is 0. The van der Waals surface area contributed by atoms with Crippen LogP contribution in [0.1, 0.15) is 0 Å². The summed E-state index contributed by atoms with van der Waals surface area (Å²) in [6.07, 6.45) is 0. The van der Waals surface area contributed by atoms with Crippen LogP contribution in [0.2, 0.25) is 0 Å². The summed E-state index contributed by atoms with van der Waals surface area (Å²) in [6.45, 7) is 0. The van der Waals surface area contributed by atoms with E-state index in [-0.39, 0.29) is 49.9 Å². The average Bonchev–Trinajstić information content (AvgIpc) is 0. The minimum absolute atomic E-state index is 0. The molecule has 0 aliphatic carbocycles. The molecule has 0 aromatic rings. The zero-order valence-corrected chi connectivity index (χ0v) is 8.35. The van der Waals surface area contributed by atoms with Crippen molar-refractivity contribution >= 4 is 0 Å². The smallest absolute Gasteiger partial charge is 0 e. The molecule has 0 saturated carbocycles. The largest absolute Gasteiger partial charge is 0.412 e. The Morgan fingerprint density at radius 1 is 0.500 bits per heavy atom. The zero-order chi connectivity index (χ0) is 0. The minimum Gasteiger partial charge on any atom is -0.412 e. The van der Waals surface area contributed by atoms with Gasteiger partial charge in [0.15, 0.2) is 0 Å². The van der Waals surface area contributed by atoms with E-state index in [9.17, 15) is 0 Å². The van der Waals surface area contributed by atoms with Crippen LogP contribution in [-0.4, -0.2) is 11.0 Å². The van der Waals surface area contributed by atoms with Gasteiger partial charge >= 0.3 is 0 Å². The van der Waals surface area contributed by atoms with Gasteiger partial charge in [0.1, 0.15) is 0 Å². The van der Waals surface area contributed by atoms with Crippen LogP contribution in [0, 0.1) is 0 Å². The zero-order valence-electron chi connectivity index (χ0n) is 2.41. The summed E-state index contributed by atoms with van der Waals surface area (Å²) in [7, 11) is 0. The first kappa shape index (κ1) is 65.9. The van der Waals surface area contributed by atoms with Crippen molar-refractivity contribution in [1.29, 1.82) is 0 Å². The Labute approximate surface area is 50.1 Å². The first-order valence-corrected chi connectivity index (χ1v) is 0. The van der Waals surface area contributed by atoms with Gasteiger partial charge in [-0.1, -0.05) is 0 Å². The normalized spacial score (nSPS) is 0. The van der Waals surface area contributed by atoms with Crippen LogP contribution in [0.15, 0.2) is 0 Å². The molecular formula is H4O2Zn2. The molecule has 0 rings (SSSR count). The predicted octanol–water partition coefficient (Wildman–Crippen LogP) is -1.65. The van der Waals surface area contributed by atoms with Crippen molar-refractivity contribution in [2.45, 2.75) is 0 Å². The summed E-state index contributed by atoms with van der Waals surface area (Å²) in [5.74, 6) is 0. The van der Waals surface area contributed by atoms with Crippen molar-refractivity contribution in [3.8, 4) is 0 Å². The van der Waals surface area contributed by atoms with E-state index in [2.05, 4.69) is 0 Å². The number of hydrogen-bond donors (Lipinski definition) is 0. The Hall–Kier alpha value is 1.17. The van der Waals surface area contributed by atoms with Crippen LogP contribution in [0.3, 0.4) is 0 Å². The fourth-order valence-electron chi connectivity index (χ4n) is 0. The molecule has 0 radical (unpaired) electrons. The molecular weight excluding hydrogens is 163 g/mol. The maximum Gasteiger partial charge on any atom is 0 e. The van der Waals surface area contributed by atoms with E-state index in [1.54, 1.807) is 0 Å². The molecule has 0 spiro atoms. The third-order valence-corrected chi connectivity index (χ3v) is 0. The van der Waals surface area contributed by atoms with E-state index in [4.69, 9.17) is 0 Å². The van der Waals surface area contributed by atoms with Gasteiger partial charge < -0.3 is 11.0 Å². The molecule has 0 aliphatic heterocycles. The molecule has 20 valence electrons. The minimum atomic E-state index is 0. The molecule has 0 aromatic heterocycles. The Bertz CT molecular complexity index is 4.00. The third-order valence-electron chi connectivity index (χ3n) is 0. The van der Waals surface area contributed by atoms with Gasteiger partial charge in [-0.3, -0.25) is 0 Å². The Kier molecular flexibility index (Phi) is 506. The molecule has 0 bridgehead atoms. The summed E-state index contributed by atoms with van der Waals surface area (Å²) in [4.78, 5) is 0. The van der Waals surface area contributed by atoms with E-state index in [1.165, 1.54) is 0 Å². The van der Waals surface area contributed by atoms with Crippen LogP contribution >= 0.6 is 0 Å². The summed E-state index contributed by atoms with van der Waals surface area (Å²) in [5.41, 5.74) is 0. The predicted molar refractivity (Wildman–Crippen MR) is 7.23 cm³/mol. The molecule has 0 aliphatic rings. The molecule has 2 nitrogen and oxygen atoms in total. The summed E-state index contributed by atoms with van der Waals surface area (Å²) in [6, 6.07) is 0. The van der Waals surface area contributed by atoms with Crippen molar-refractivity contribution in [3.63, 3.8) is 0 Å². The molecule has 0 aromatic carbocycles. The van der Waals surface area contributed by atoms with Gasteiger partial charge in [-0.25, -0.2) is 0 Å². The standard InChI is InChI=1S/2H2O.2Zn/h2*1H2;;. The second-order valence-corrected chi connectivity index (χ2v) is 0. The Morgan fingerprint density at radius 3 is 0.500 bits per heavy atom. The number of rotatable bonds is 0. The van der Waals surface area contributed by atoms with Gasteiger partial charge in [0.25, 0.3) is 0 Å². The van der Waals surface area contributed by atoms with E-state index >= 15 is 0 Å². The topological polar surface area (TPSA) is 63.0 Å². The van der Waals surface area contributed by atoms with Crippen molar-refractivity contribution in [3.05, 3.63) is 0 Å². The van der Waals surface area contributed by atoms with E-state index in [1.807, 2.05) is 0 Å². The summed E-state index contributed by atoms with van der Waals surface area (Å²) in [5, 5.41) is 0. The third kappa shape index (κ3) is 10.9. The molecule has 0 fully saturated rings. The first-order chi connectivity index (χ1) is 0.